The molecule has 0 heterocycles. The zero-order valence-electron chi connectivity index (χ0n) is 15.6. The van der Waals surface area contributed by atoms with Crippen molar-refractivity contribution in [1.82, 2.24) is 5.32 Å². The Morgan fingerprint density at radius 2 is 1.52 bits per heavy atom. The van der Waals surface area contributed by atoms with Crippen LogP contribution in [-0.2, 0) is 14.4 Å². The second-order valence-electron chi connectivity index (χ2n) is 6.93. The van der Waals surface area contributed by atoms with Gasteiger partial charge in [0.15, 0.2) is 0 Å². The van der Waals surface area contributed by atoms with Crippen molar-refractivity contribution in [2.75, 3.05) is 6.54 Å². The predicted octanol–water partition coefficient (Wildman–Crippen LogP) is 3.92. The molecule has 2 atom stereocenters. The number of rotatable bonds is 13. The maximum atomic E-state index is 12.0. The number of nitrogens with one attached hydrogen (secondary N) is 1. The summed E-state index contributed by atoms with van der Waals surface area (Å²) in [4.78, 5) is 35.1. The van der Waals surface area contributed by atoms with Gasteiger partial charge in [-0.1, -0.05) is 34.6 Å². The van der Waals surface area contributed by atoms with Crippen LogP contribution in [0, 0.1) is 17.8 Å². The van der Waals surface area contributed by atoms with Crippen LogP contribution in [0.3, 0.4) is 0 Å². The van der Waals surface area contributed by atoms with Gasteiger partial charge in [-0.25, -0.2) is 0 Å². The molecule has 0 aromatic rings. The van der Waals surface area contributed by atoms with E-state index in [0.29, 0.717) is 25.2 Å². The average Bonchev–Trinajstić information content (AvgIpc) is 2.52. The molecule has 0 aromatic carbocycles. The maximum absolute atomic E-state index is 12.0. The smallest absolute Gasteiger partial charge is 0.219 e. The number of carbonyl (C=O) groups excluding carboxylic acids is 3. The van der Waals surface area contributed by atoms with Gasteiger partial charge in [-0.15, -0.1) is 0 Å². The van der Waals surface area contributed by atoms with Gasteiger partial charge in [0.05, 0.1) is 0 Å². The Kier molecular flexibility index (Phi) is 11.6. The molecule has 0 rings (SSSR count). The van der Waals surface area contributed by atoms with E-state index in [2.05, 4.69) is 5.32 Å². The number of ketones is 2. The molecule has 0 bridgehead atoms. The van der Waals surface area contributed by atoms with Gasteiger partial charge in [-0.3, -0.25) is 14.4 Å². The van der Waals surface area contributed by atoms with Gasteiger partial charge in [0.2, 0.25) is 5.91 Å². The predicted molar refractivity (Wildman–Crippen MR) is 94.2 cm³/mol. The van der Waals surface area contributed by atoms with Gasteiger partial charge in [-0.05, 0) is 32.1 Å². The fourth-order valence-corrected chi connectivity index (χ4v) is 2.43. The Balaban J connectivity index is 3.68. The van der Waals surface area contributed by atoms with Crippen molar-refractivity contribution in [3.8, 4) is 0 Å². The first-order valence-electron chi connectivity index (χ1n) is 9.12. The molecule has 0 radical (unpaired) electrons. The van der Waals surface area contributed by atoms with Crippen molar-refractivity contribution in [2.24, 2.45) is 17.8 Å². The highest BCUT2D eigenvalue weighted by atomic mass is 16.1. The molecule has 23 heavy (non-hydrogen) atoms. The lowest BCUT2D eigenvalue weighted by molar-refractivity contribution is -0.126. The summed E-state index contributed by atoms with van der Waals surface area (Å²) in [5.41, 5.74) is 0. The first-order valence-corrected chi connectivity index (χ1v) is 9.12. The molecule has 1 N–H and O–H groups in total. The second kappa shape index (κ2) is 12.3. The van der Waals surface area contributed by atoms with Crippen molar-refractivity contribution in [3.05, 3.63) is 0 Å². The molecule has 0 saturated heterocycles. The third kappa shape index (κ3) is 10.2. The lowest BCUT2D eigenvalue weighted by Gasteiger charge is -2.14. The Morgan fingerprint density at radius 3 is 2.09 bits per heavy atom. The summed E-state index contributed by atoms with van der Waals surface area (Å²) in [7, 11) is 0. The third-order valence-electron chi connectivity index (χ3n) is 4.44. The van der Waals surface area contributed by atoms with Crippen molar-refractivity contribution < 1.29 is 14.4 Å². The Labute approximate surface area is 141 Å². The minimum Gasteiger partial charge on any atom is -0.356 e. The van der Waals surface area contributed by atoms with E-state index in [1.165, 1.54) is 0 Å². The first-order chi connectivity index (χ1) is 10.8. The fourth-order valence-electron chi connectivity index (χ4n) is 2.43. The molecule has 0 aromatic heterocycles. The third-order valence-corrected chi connectivity index (χ3v) is 4.44. The molecule has 2 unspecified atom stereocenters. The highest BCUT2D eigenvalue weighted by Crippen LogP contribution is 2.16. The van der Waals surface area contributed by atoms with Gasteiger partial charge in [0.25, 0.3) is 0 Å². The summed E-state index contributed by atoms with van der Waals surface area (Å²) < 4.78 is 0. The normalized spacial score (nSPS) is 13.7. The molecule has 0 saturated carbocycles. The van der Waals surface area contributed by atoms with Crippen LogP contribution in [0.2, 0.25) is 0 Å². The van der Waals surface area contributed by atoms with E-state index >= 15 is 0 Å². The molecule has 1 amide bonds. The maximum Gasteiger partial charge on any atom is 0.219 e. The van der Waals surface area contributed by atoms with Gasteiger partial charge in [0.1, 0.15) is 11.6 Å². The molecule has 0 aliphatic heterocycles. The Hall–Kier alpha value is -1.19. The molecule has 4 heteroatoms. The summed E-state index contributed by atoms with van der Waals surface area (Å²) in [6.45, 7) is 10.4. The van der Waals surface area contributed by atoms with Gasteiger partial charge >= 0.3 is 0 Å². The largest absolute Gasteiger partial charge is 0.356 e. The van der Waals surface area contributed by atoms with E-state index in [4.69, 9.17) is 0 Å². The summed E-state index contributed by atoms with van der Waals surface area (Å²) in [5.74, 6) is 0.902. The highest BCUT2D eigenvalue weighted by molar-refractivity contribution is 5.82. The SMILES string of the molecule is CCC(C)C(=O)C(C)CCCC(=O)NCCCCC(=O)C(C)C. The molecule has 134 valence electrons. The zero-order chi connectivity index (χ0) is 17.8. The highest BCUT2D eigenvalue weighted by Gasteiger charge is 2.18. The topological polar surface area (TPSA) is 63.2 Å². The molecule has 0 aliphatic rings. The van der Waals surface area contributed by atoms with Crippen LogP contribution < -0.4 is 5.32 Å². The van der Waals surface area contributed by atoms with Crippen LogP contribution in [-0.4, -0.2) is 24.0 Å². The molecular weight excluding hydrogens is 290 g/mol. The monoisotopic (exact) mass is 325 g/mol. The van der Waals surface area contributed by atoms with Crippen molar-refractivity contribution >= 4 is 17.5 Å². The number of hydrogen-bond acceptors (Lipinski definition) is 3. The van der Waals surface area contributed by atoms with Gasteiger partial charge in [-0.2, -0.15) is 0 Å². The van der Waals surface area contributed by atoms with Crippen LogP contribution in [0.5, 0.6) is 0 Å². The van der Waals surface area contributed by atoms with E-state index in [0.717, 1.165) is 32.1 Å². The second-order valence-corrected chi connectivity index (χ2v) is 6.93. The van der Waals surface area contributed by atoms with Crippen LogP contribution in [0.25, 0.3) is 0 Å². The minimum atomic E-state index is 0.0415. The fraction of sp³-hybridized carbons (Fsp3) is 0.842. The molecule has 0 fully saturated rings. The van der Waals surface area contributed by atoms with Crippen molar-refractivity contribution in [1.29, 1.82) is 0 Å². The number of Topliss-reactive ketones (excluding diaryl/α,β-unsaturated/α-hetero) is 2. The molecule has 4 nitrogen and oxygen atoms in total. The Bertz CT molecular complexity index is 377. The minimum absolute atomic E-state index is 0.0415. The van der Waals surface area contributed by atoms with E-state index in [1.54, 1.807) is 0 Å². The summed E-state index contributed by atoms with van der Waals surface area (Å²) in [6.07, 6.45) is 5.15. The number of unbranched alkanes of at least 4 members (excludes halogenated alkanes) is 1. The quantitative estimate of drug-likeness (QED) is 0.522. The lowest BCUT2D eigenvalue weighted by Crippen LogP contribution is -2.25. The summed E-state index contributed by atoms with van der Waals surface area (Å²) in [5, 5.41) is 2.89. The standard InChI is InChI=1S/C19H35NO3/c1-6-15(4)19(23)16(5)10-9-12-18(22)20-13-8-7-11-17(21)14(2)3/h14-16H,6-13H2,1-5H3,(H,20,22). The summed E-state index contributed by atoms with van der Waals surface area (Å²) in [6, 6.07) is 0. The van der Waals surface area contributed by atoms with Crippen LogP contribution in [0.1, 0.15) is 79.6 Å². The van der Waals surface area contributed by atoms with Crippen LogP contribution in [0.15, 0.2) is 0 Å². The van der Waals surface area contributed by atoms with Crippen LogP contribution in [0.4, 0.5) is 0 Å². The molecule has 0 spiro atoms. The molecule has 0 aliphatic carbocycles. The Morgan fingerprint density at radius 1 is 0.870 bits per heavy atom. The molecular formula is C19H35NO3. The van der Waals surface area contributed by atoms with E-state index in [-0.39, 0.29) is 29.4 Å². The van der Waals surface area contributed by atoms with E-state index in [1.807, 2.05) is 34.6 Å². The van der Waals surface area contributed by atoms with E-state index < -0.39 is 0 Å². The zero-order valence-corrected chi connectivity index (χ0v) is 15.6. The number of carbonyl (C=O) groups is 3. The lowest BCUT2D eigenvalue weighted by atomic mass is 9.90. The number of hydrogen-bond donors (Lipinski definition) is 1. The summed E-state index contributed by atoms with van der Waals surface area (Å²) >= 11 is 0. The van der Waals surface area contributed by atoms with Gasteiger partial charge in [0, 0.05) is 37.1 Å². The van der Waals surface area contributed by atoms with Gasteiger partial charge < -0.3 is 5.32 Å². The van der Waals surface area contributed by atoms with Crippen LogP contribution >= 0.6 is 0 Å². The van der Waals surface area contributed by atoms with Crippen molar-refractivity contribution in [2.45, 2.75) is 79.6 Å². The average molecular weight is 325 g/mol. The first kappa shape index (κ1) is 21.8. The van der Waals surface area contributed by atoms with Crippen molar-refractivity contribution in [3.63, 3.8) is 0 Å². The van der Waals surface area contributed by atoms with E-state index in [9.17, 15) is 14.4 Å². The number of amides is 1.